The molecule has 0 amide bonds. The van der Waals surface area contributed by atoms with Crippen LogP contribution in [0.1, 0.15) is 41.9 Å². The van der Waals surface area contributed by atoms with Gasteiger partial charge < -0.3 is 9.30 Å². The van der Waals surface area contributed by atoms with E-state index in [4.69, 9.17) is 4.74 Å². The van der Waals surface area contributed by atoms with Crippen LogP contribution in [0.5, 0.6) is 0 Å². The molecule has 3 aromatic rings. The van der Waals surface area contributed by atoms with E-state index in [-0.39, 0.29) is 23.6 Å². The molecule has 0 saturated heterocycles. The summed E-state index contributed by atoms with van der Waals surface area (Å²) in [5.41, 5.74) is 1.96. The number of aromatic nitrogens is 2. The van der Waals surface area contributed by atoms with E-state index < -0.39 is 17.2 Å². The molecule has 0 N–H and O–H groups in total. The predicted molar refractivity (Wildman–Crippen MR) is 100 cm³/mol. The fourth-order valence-corrected chi connectivity index (χ4v) is 3.31. The average molecular weight is 366 g/mol. The maximum Gasteiger partial charge on any atom is 0.343 e. The first-order valence-corrected chi connectivity index (χ1v) is 8.98. The molecule has 0 bridgehead atoms. The minimum Gasteiger partial charge on any atom is -0.462 e. The fourth-order valence-electron chi connectivity index (χ4n) is 3.31. The van der Waals surface area contributed by atoms with Gasteiger partial charge in [-0.3, -0.25) is 9.78 Å². The molecule has 1 fully saturated rings. The summed E-state index contributed by atoms with van der Waals surface area (Å²) in [7, 11) is 0. The van der Waals surface area contributed by atoms with Crippen LogP contribution >= 0.6 is 0 Å². The molecule has 27 heavy (non-hydrogen) atoms. The predicted octanol–water partition coefficient (Wildman–Crippen LogP) is 4.02. The largest absolute Gasteiger partial charge is 0.462 e. The van der Waals surface area contributed by atoms with Crippen molar-refractivity contribution in [3.05, 3.63) is 64.0 Å². The highest BCUT2D eigenvalue weighted by Gasteiger charge is 2.28. The molecule has 0 unspecified atom stereocenters. The summed E-state index contributed by atoms with van der Waals surface area (Å²) in [4.78, 5) is 29.1. The van der Waals surface area contributed by atoms with Gasteiger partial charge >= 0.3 is 5.97 Å². The summed E-state index contributed by atoms with van der Waals surface area (Å²) < 4.78 is 21.8. The van der Waals surface area contributed by atoms with Crippen LogP contribution in [-0.2, 0) is 4.74 Å². The monoisotopic (exact) mass is 366 g/mol. The number of benzene rings is 1. The van der Waals surface area contributed by atoms with Gasteiger partial charge in [-0.15, -0.1) is 0 Å². The van der Waals surface area contributed by atoms with Crippen molar-refractivity contribution in [2.24, 2.45) is 0 Å². The number of carbonyl (C=O) groups excluding carboxylic acids is 1. The van der Waals surface area contributed by atoms with Crippen LogP contribution in [-0.4, -0.2) is 22.1 Å². The van der Waals surface area contributed by atoms with Gasteiger partial charge in [0.15, 0.2) is 0 Å². The first-order chi connectivity index (χ1) is 13.0. The Kier molecular flexibility index (Phi) is 4.26. The Hall–Kier alpha value is -3.02. The Morgan fingerprint density at radius 2 is 2.11 bits per heavy atom. The number of hydrogen-bond donors (Lipinski definition) is 0. The highest BCUT2D eigenvalue weighted by molar-refractivity contribution is 5.95. The van der Waals surface area contributed by atoms with Crippen LogP contribution in [0.4, 0.5) is 4.39 Å². The molecule has 1 aromatic carbocycles. The van der Waals surface area contributed by atoms with E-state index in [0.29, 0.717) is 16.6 Å². The lowest BCUT2D eigenvalue weighted by atomic mass is 10.0. The van der Waals surface area contributed by atoms with Crippen LogP contribution < -0.4 is 5.43 Å². The lowest BCUT2D eigenvalue weighted by Crippen LogP contribution is -2.21. The Labute approximate surface area is 155 Å². The summed E-state index contributed by atoms with van der Waals surface area (Å²) in [5, 5.41) is 0.194. The molecule has 0 spiro atoms. The zero-order valence-electron chi connectivity index (χ0n) is 15.2. The second-order valence-corrected chi connectivity index (χ2v) is 6.77. The quantitative estimate of drug-likeness (QED) is 0.654. The normalized spacial score (nSPS) is 13.7. The molecular weight excluding hydrogens is 347 g/mol. The first kappa shape index (κ1) is 17.4. The van der Waals surface area contributed by atoms with E-state index in [2.05, 4.69) is 4.98 Å². The first-order valence-electron chi connectivity index (χ1n) is 8.98. The molecule has 0 atom stereocenters. The van der Waals surface area contributed by atoms with Crippen molar-refractivity contribution in [2.45, 2.75) is 32.7 Å². The van der Waals surface area contributed by atoms with Gasteiger partial charge in [-0.1, -0.05) is 0 Å². The van der Waals surface area contributed by atoms with E-state index in [0.717, 1.165) is 18.5 Å². The summed E-state index contributed by atoms with van der Waals surface area (Å²) >= 11 is 0. The van der Waals surface area contributed by atoms with E-state index in [1.165, 1.54) is 6.07 Å². The third-order valence-electron chi connectivity index (χ3n) is 4.76. The second-order valence-electron chi connectivity index (χ2n) is 6.77. The topological polar surface area (TPSA) is 61.2 Å². The molecular formula is C21H19FN2O3. The van der Waals surface area contributed by atoms with Gasteiger partial charge in [-0.05, 0) is 56.5 Å². The Morgan fingerprint density at radius 1 is 1.33 bits per heavy atom. The van der Waals surface area contributed by atoms with Gasteiger partial charge in [-0.2, -0.15) is 0 Å². The molecule has 2 heterocycles. The lowest BCUT2D eigenvalue weighted by molar-refractivity contribution is 0.0524. The zero-order chi connectivity index (χ0) is 19.1. The fraction of sp³-hybridized carbons (Fsp3) is 0.286. The number of aryl methyl sites for hydroxylation is 1. The van der Waals surface area contributed by atoms with E-state index in [9.17, 15) is 14.0 Å². The number of hydrogen-bond acceptors (Lipinski definition) is 4. The summed E-state index contributed by atoms with van der Waals surface area (Å²) in [6.45, 7) is 3.70. The van der Waals surface area contributed by atoms with E-state index in [1.807, 2.05) is 11.5 Å². The number of pyridine rings is 2. The standard InChI is InChI=1S/C21H19FN2O3/c1-3-27-21(26)17-11-24(14-4-5-14)19-10-15(13-6-7-23-12(2)8-13)18(22)9-16(19)20(17)25/h6-11,14H,3-5H2,1-2H3. The average Bonchev–Trinajstić information content (AvgIpc) is 3.47. The Morgan fingerprint density at radius 3 is 2.78 bits per heavy atom. The maximum absolute atomic E-state index is 14.9. The van der Waals surface area contributed by atoms with Gasteiger partial charge in [-0.25, -0.2) is 9.18 Å². The smallest absolute Gasteiger partial charge is 0.343 e. The molecule has 1 aliphatic rings. The Balaban J connectivity index is 1.98. The van der Waals surface area contributed by atoms with Crippen molar-refractivity contribution < 1.29 is 13.9 Å². The van der Waals surface area contributed by atoms with Crippen LogP contribution in [0, 0.1) is 12.7 Å². The highest BCUT2D eigenvalue weighted by atomic mass is 19.1. The number of ether oxygens (including phenoxy) is 1. The molecule has 5 nitrogen and oxygen atoms in total. The molecule has 1 aliphatic carbocycles. The Bertz CT molecular complexity index is 1120. The summed E-state index contributed by atoms with van der Waals surface area (Å²) in [5.74, 6) is -1.18. The minimum atomic E-state index is -0.673. The molecule has 0 aliphatic heterocycles. The number of halogens is 1. The summed E-state index contributed by atoms with van der Waals surface area (Å²) in [6.07, 6.45) is 5.11. The molecule has 6 heteroatoms. The van der Waals surface area contributed by atoms with Crippen LogP contribution in [0.25, 0.3) is 22.0 Å². The molecule has 2 aromatic heterocycles. The van der Waals surface area contributed by atoms with Crippen molar-refractivity contribution in [2.75, 3.05) is 6.61 Å². The minimum absolute atomic E-state index is 0.0526. The molecule has 1 saturated carbocycles. The number of nitrogens with zero attached hydrogens (tertiary/aromatic N) is 2. The SMILES string of the molecule is CCOC(=O)c1cn(C2CC2)c2cc(-c3ccnc(C)c3)c(F)cc2c1=O. The molecule has 4 rings (SSSR count). The van der Waals surface area contributed by atoms with Crippen molar-refractivity contribution >= 4 is 16.9 Å². The number of carbonyl (C=O) groups is 1. The van der Waals surface area contributed by atoms with Gasteiger partial charge in [0.25, 0.3) is 0 Å². The van der Waals surface area contributed by atoms with Crippen molar-refractivity contribution in [1.82, 2.24) is 9.55 Å². The van der Waals surface area contributed by atoms with Gasteiger partial charge in [0.05, 0.1) is 12.1 Å². The third kappa shape index (κ3) is 3.12. The van der Waals surface area contributed by atoms with Gasteiger partial charge in [0.1, 0.15) is 11.4 Å². The van der Waals surface area contributed by atoms with Crippen molar-refractivity contribution in [3.8, 4) is 11.1 Å². The van der Waals surface area contributed by atoms with Crippen LogP contribution in [0.2, 0.25) is 0 Å². The zero-order valence-corrected chi connectivity index (χ0v) is 15.2. The van der Waals surface area contributed by atoms with Crippen LogP contribution in [0.3, 0.4) is 0 Å². The number of fused-ring (bicyclic) bond motifs is 1. The second kappa shape index (κ2) is 6.61. The lowest BCUT2D eigenvalue weighted by Gasteiger charge is -2.14. The van der Waals surface area contributed by atoms with Crippen molar-refractivity contribution in [3.63, 3.8) is 0 Å². The van der Waals surface area contributed by atoms with E-state index >= 15 is 0 Å². The van der Waals surface area contributed by atoms with Crippen molar-refractivity contribution in [1.29, 1.82) is 0 Å². The van der Waals surface area contributed by atoms with Crippen LogP contribution in [0.15, 0.2) is 41.5 Å². The molecule has 138 valence electrons. The number of rotatable bonds is 4. The number of esters is 1. The summed E-state index contributed by atoms with van der Waals surface area (Å²) in [6, 6.07) is 6.66. The third-order valence-corrected chi connectivity index (χ3v) is 4.76. The maximum atomic E-state index is 14.9. The molecule has 0 radical (unpaired) electrons. The van der Waals surface area contributed by atoms with E-state index in [1.54, 1.807) is 37.5 Å². The van der Waals surface area contributed by atoms with Gasteiger partial charge in [0, 0.05) is 35.1 Å². The highest BCUT2D eigenvalue weighted by Crippen LogP contribution is 2.38. The van der Waals surface area contributed by atoms with Gasteiger partial charge in [0.2, 0.25) is 5.43 Å².